The fourth-order valence-corrected chi connectivity index (χ4v) is 5.52. The van der Waals surface area contributed by atoms with E-state index >= 15 is 0 Å². The topological polar surface area (TPSA) is 0 Å². The highest BCUT2D eigenvalue weighted by atomic mass is 32.2. The molecule has 0 saturated carbocycles. The Morgan fingerprint density at radius 2 is 1.33 bits per heavy atom. The molecule has 0 saturated heterocycles. The Bertz CT molecular complexity index is 908. The van der Waals surface area contributed by atoms with E-state index < -0.39 is 0 Å². The Kier molecular flexibility index (Phi) is 7.20. The summed E-state index contributed by atoms with van der Waals surface area (Å²) in [6.45, 7) is 6.10. The van der Waals surface area contributed by atoms with Crippen molar-refractivity contribution in [1.29, 1.82) is 0 Å². The molecule has 27 heavy (non-hydrogen) atoms. The first-order chi connectivity index (χ1) is 13.3. The third-order valence-corrected chi connectivity index (χ3v) is 7.18. The Labute approximate surface area is 169 Å². The predicted molar refractivity (Wildman–Crippen MR) is 120 cm³/mol. The van der Waals surface area contributed by atoms with Crippen molar-refractivity contribution in [3.05, 3.63) is 121 Å². The first-order valence-electron chi connectivity index (χ1n) is 8.89. The number of allylic oxidation sites excluding steroid dienone is 4. The number of hydrogen-bond acceptors (Lipinski definition) is 1. The molecule has 0 aliphatic carbocycles. The van der Waals surface area contributed by atoms with Gasteiger partial charge in [0.15, 0.2) is 14.7 Å². The third-order valence-electron chi connectivity index (χ3n) is 3.91. The largest absolute Gasteiger partial charge is 0.166 e. The highest BCUT2D eigenvalue weighted by Crippen LogP contribution is 2.33. The molecule has 3 aromatic rings. The molecule has 0 aromatic heterocycles. The molecular formula is C25H23S2+. The standard InChI is InChI=1S/C25H23S2/c1-3-5-14-23(4-2)27(24-15-10-7-11-16-24)25-19-17-22(18-20-25)26-21-12-8-6-9-13-21/h3-20H,2H2,1H3/q+1/b5-3-,23-14+. The third kappa shape index (κ3) is 5.29. The Morgan fingerprint density at radius 1 is 0.778 bits per heavy atom. The van der Waals surface area contributed by atoms with E-state index in [1.54, 1.807) is 11.8 Å². The molecular weight excluding hydrogens is 364 g/mol. The predicted octanol–water partition coefficient (Wildman–Crippen LogP) is 7.52. The van der Waals surface area contributed by atoms with Gasteiger partial charge >= 0.3 is 0 Å². The maximum atomic E-state index is 4.06. The molecule has 0 aliphatic rings. The fourth-order valence-electron chi connectivity index (χ4n) is 2.64. The summed E-state index contributed by atoms with van der Waals surface area (Å²) in [5.74, 6) is 0. The van der Waals surface area contributed by atoms with Crippen LogP contribution in [0.4, 0.5) is 0 Å². The zero-order valence-corrected chi connectivity index (χ0v) is 17.0. The molecule has 0 spiro atoms. The lowest BCUT2D eigenvalue weighted by Gasteiger charge is -2.09. The lowest BCUT2D eigenvalue weighted by molar-refractivity contribution is 1.31. The minimum atomic E-state index is -0.163. The van der Waals surface area contributed by atoms with Crippen molar-refractivity contribution in [3.8, 4) is 0 Å². The van der Waals surface area contributed by atoms with Crippen molar-refractivity contribution < 1.29 is 0 Å². The molecule has 0 radical (unpaired) electrons. The Hall–Kier alpha value is -2.42. The molecule has 0 bridgehead atoms. The summed E-state index contributed by atoms with van der Waals surface area (Å²) < 4.78 is 0. The summed E-state index contributed by atoms with van der Waals surface area (Å²) in [5.41, 5.74) is 0. The number of rotatable bonds is 7. The van der Waals surface area contributed by atoms with Gasteiger partial charge in [-0.05, 0) is 67.6 Å². The molecule has 1 unspecified atom stereocenters. The van der Waals surface area contributed by atoms with Crippen LogP contribution in [0.2, 0.25) is 0 Å². The summed E-state index contributed by atoms with van der Waals surface area (Å²) in [7, 11) is -0.163. The van der Waals surface area contributed by atoms with Gasteiger partial charge in [0.05, 0.1) is 10.9 Å². The van der Waals surface area contributed by atoms with Crippen LogP contribution < -0.4 is 0 Å². The van der Waals surface area contributed by atoms with E-state index in [1.807, 2.05) is 19.1 Å². The van der Waals surface area contributed by atoms with E-state index in [-0.39, 0.29) is 10.9 Å². The molecule has 3 rings (SSSR count). The van der Waals surface area contributed by atoms with Gasteiger partial charge < -0.3 is 0 Å². The van der Waals surface area contributed by atoms with Gasteiger partial charge in [-0.2, -0.15) is 0 Å². The van der Waals surface area contributed by atoms with Gasteiger partial charge in [-0.1, -0.05) is 66.9 Å². The van der Waals surface area contributed by atoms with Crippen molar-refractivity contribution >= 4 is 22.7 Å². The van der Waals surface area contributed by atoms with Gasteiger partial charge in [0.1, 0.15) is 0 Å². The highest BCUT2D eigenvalue weighted by Gasteiger charge is 2.28. The van der Waals surface area contributed by atoms with Crippen LogP contribution in [0.3, 0.4) is 0 Å². The SMILES string of the molecule is C=C/C(=C\C=C/C)[S+](c1ccccc1)c1ccc(Sc2ccccc2)cc1. The molecule has 2 heteroatoms. The summed E-state index contributed by atoms with van der Waals surface area (Å²) in [6, 6.07) is 30.1. The average Bonchev–Trinajstić information content (AvgIpc) is 2.73. The summed E-state index contributed by atoms with van der Waals surface area (Å²) in [4.78, 5) is 6.33. The van der Waals surface area contributed by atoms with Crippen molar-refractivity contribution in [2.24, 2.45) is 0 Å². The lowest BCUT2D eigenvalue weighted by atomic mass is 10.4. The molecule has 0 nitrogen and oxygen atoms in total. The van der Waals surface area contributed by atoms with Crippen molar-refractivity contribution in [1.82, 2.24) is 0 Å². The van der Waals surface area contributed by atoms with Crippen molar-refractivity contribution in [2.45, 2.75) is 26.5 Å². The van der Waals surface area contributed by atoms with Crippen LogP contribution in [0.1, 0.15) is 6.92 Å². The van der Waals surface area contributed by atoms with Gasteiger partial charge in [-0.25, -0.2) is 0 Å². The second-order valence-electron chi connectivity index (χ2n) is 5.80. The van der Waals surface area contributed by atoms with Crippen LogP contribution in [-0.4, -0.2) is 0 Å². The molecule has 0 N–H and O–H groups in total. The van der Waals surface area contributed by atoms with Crippen LogP contribution in [0.15, 0.2) is 140 Å². The van der Waals surface area contributed by atoms with Crippen molar-refractivity contribution in [3.63, 3.8) is 0 Å². The molecule has 3 aromatic carbocycles. The van der Waals surface area contributed by atoms with Gasteiger partial charge in [-0.15, -0.1) is 0 Å². The number of benzene rings is 3. The molecule has 0 aliphatic heterocycles. The van der Waals surface area contributed by atoms with E-state index in [4.69, 9.17) is 0 Å². The maximum absolute atomic E-state index is 4.06. The average molecular weight is 388 g/mol. The fraction of sp³-hybridized carbons (Fsp3) is 0.0400. The second-order valence-corrected chi connectivity index (χ2v) is 8.98. The van der Waals surface area contributed by atoms with Gasteiger partial charge in [0.2, 0.25) is 0 Å². The zero-order valence-electron chi connectivity index (χ0n) is 15.4. The van der Waals surface area contributed by atoms with E-state index in [0.29, 0.717) is 0 Å². The van der Waals surface area contributed by atoms with Crippen LogP contribution in [-0.2, 0) is 10.9 Å². The van der Waals surface area contributed by atoms with E-state index in [1.165, 1.54) is 24.5 Å². The quantitative estimate of drug-likeness (QED) is 0.298. The first-order valence-corrected chi connectivity index (χ1v) is 10.9. The summed E-state index contributed by atoms with van der Waals surface area (Å²) in [5, 5.41) is 0. The molecule has 134 valence electrons. The minimum absolute atomic E-state index is 0.163. The molecule has 1 atom stereocenters. The lowest BCUT2D eigenvalue weighted by Crippen LogP contribution is -2.05. The Balaban J connectivity index is 1.94. The van der Waals surface area contributed by atoms with E-state index in [9.17, 15) is 0 Å². The summed E-state index contributed by atoms with van der Waals surface area (Å²) in [6.07, 6.45) is 8.27. The van der Waals surface area contributed by atoms with Crippen LogP contribution in [0.25, 0.3) is 0 Å². The van der Waals surface area contributed by atoms with Gasteiger partial charge in [-0.3, -0.25) is 0 Å². The minimum Gasteiger partial charge on any atom is -0.0940 e. The van der Waals surface area contributed by atoms with Crippen molar-refractivity contribution in [2.75, 3.05) is 0 Å². The van der Waals surface area contributed by atoms with Gasteiger partial charge in [0.25, 0.3) is 0 Å². The Morgan fingerprint density at radius 3 is 1.93 bits per heavy atom. The second kappa shape index (κ2) is 10.1. The molecule has 0 fully saturated rings. The smallest absolute Gasteiger partial charge is 0.0940 e. The van der Waals surface area contributed by atoms with E-state index in [0.717, 1.165) is 0 Å². The van der Waals surface area contributed by atoms with Crippen LogP contribution in [0, 0.1) is 0 Å². The van der Waals surface area contributed by atoms with Crippen LogP contribution in [0.5, 0.6) is 0 Å². The first kappa shape index (κ1) is 19.3. The molecule has 0 heterocycles. The normalized spacial score (nSPS) is 12.9. The maximum Gasteiger partial charge on any atom is 0.166 e. The highest BCUT2D eigenvalue weighted by molar-refractivity contribution is 8.01. The molecule has 0 amide bonds. The summed E-state index contributed by atoms with van der Waals surface area (Å²) >= 11 is 1.79. The van der Waals surface area contributed by atoms with E-state index in [2.05, 4.69) is 104 Å². The monoisotopic (exact) mass is 387 g/mol. The van der Waals surface area contributed by atoms with Crippen LogP contribution >= 0.6 is 11.8 Å². The van der Waals surface area contributed by atoms with Gasteiger partial charge in [0, 0.05) is 9.79 Å². The zero-order chi connectivity index (χ0) is 18.9. The number of hydrogen-bond donors (Lipinski definition) is 0.